The van der Waals surface area contributed by atoms with E-state index in [9.17, 15) is 9.90 Å². The Bertz CT molecular complexity index is 175. The van der Waals surface area contributed by atoms with E-state index in [-0.39, 0.29) is 18.1 Å². The predicted molar refractivity (Wildman–Crippen MR) is 55.0 cm³/mol. The van der Waals surface area contributed by atoms with Crippen LogP contribution in [0.1, 0.15) is 34.1 Å². The Hall–Kier alpha value is -0.610. The lowest BCUT2D eigenvalue weighted by molar-refractivity contribution is -0.131. The van der Waals surface area contributed by atoms with E-state index in [0.29, 0.717) is 13.0 Å². The zero-order valence-electron chi connectivity index (χ0n) is 9.46. The number of carbonyl (C=O) groups excluding carboxylic acids is 1. The quantitative estimate of drug-likeness (QED) is 0.691. The van der Waals surface area contributed by atoms with Gasteiger partial charge in [0.25, 0.3) is 0 Å². The number of nitrogens with one attached hydrogen (secondary N) is 1. The molecule has 1 amide bonds. The van der Waals surface area contributed by atoms with Crippen molar-refractivity contribution in [2.45, 2.75) is 45.8 Å². The highest BCUT2D eigenvalue weighted by atomic mass is 16.5. The summed E-state index contributed by atoms with van der Waals surface area (Å²) in [6, 6.07) is 0. The molecule has 0 rings (SSSR count). The minimum Gasteiger partial charge on any atom is -0.391 e. The molecule has 0 bridgehead atoms. The molecule has 2 N–H and O–H groups in total. The van der Waals surface area contributed by atoms with Gasteiger partial charge < -0.3 is 15.2 Å². The van der Waals surface area contributed by atoms with Crippen molar-refractivity contribution >= 4 is 5.91 Å². The van der Waals surface area contributed by atoms with Crippen molar-refractivity contribution in [1.82, 2.24) is 5.32 Å². The second-order valence-corrected chi connectivity index (χ2v) is 4.27. The van der Waals surface area contributed by atoms with Gasteiger partial charge in [-0.05, 0) is 27.2 Å². The van der Waals surface area contributed by atoms with Gasteiger partial charge in [0.2, 0.25) is 5.91 Å². The van der Waals surface area contributed by atoms with Crippen LogP contribution in [0.2, 0.25) is 0 Å². The third-order valence-corrected chi connectivity index (χ3v) is 1.64. The van der Waals surface area contributed by atoms with Crippen LogP contribution in [0, 0.1) is 0 Å². The summed E-state index contributed by atoms with van der Waals surface area (Å²) >= 11 is 0. The van der Waals surface area contributed by atoms with Crippen LogP contribution < -0.4 is 5.32 Å². The molecule has 1 atom stereocenters. The first-order valence-electron chi connectivity index (χ1n) is 4.94. The van der Waals surface area contributed by atoms with Gasteiger partial charge in [-0.15, -0.1) is 0 Å². The maximum atomic E-state index is 11.2. The fourth-order valence-corrected chi connectivity index (χ4v) is 0.709. The van der Waals surface area contributed by atoms with Gasteiger partial charge in [-0.25, -0.2) is 0 Å². The highest BCUT2D eigenvalue weighted by Gasteiger charge is 2.13. The summed E-state index contributed by atoms with van der Waals surface area (Å²) in [5.74, 6) is -0.188. The van der Waals surface area contributed by atoms with E-state index in [0.717, 1.165) is 0 Å². The molecule has 1 unspecified atom stereocenters. The largest absolute Gasteiger partial charge is 0.391 e. The molecule has 0 aliphatic carbocycles. The van der Waals surface area contributed by atoms with Gasteiger partial charge in [-0.3, -0.25) is 4.79 Å². The lowest BCUT2D eigenvalue weighted by Crippen LogP contribution is -2.36. The number of hydrogen-bond donors (Lipinski definition) is 2. The molecular formula is C10H21NO3. The van der Waals surface area contributed by atoms with Gasteiger partial charge in [0.1, 0.15) is 6.61 Å². The van der Waals surface area contributed by atoms with Gasteiger partial charge >= 0.3 is 0 Å². The number of ether oxygens (including phenoxy) is 1. The number of aliphatic hydroxyl groups is 1. The molecule has 0 aromatic rings. The van der Waals surface area contributed by atoms with E-state index in [1.807, 2.05) is 27.7 Å². The molecule has 4 heteroatoms. The predicted octanol–water partition coefficient (Wildman–Crippen LogP) is 0.689. The summed E-state index contributed by atoms with van der Waals surface area (Å²) in [5, 5.41) is 11.8. The Kier molecular flexibility index (Phi) is 5.72. The molecule has 0 saturated heterocycles. The van der Waals surface area contributed by atoms with Crippen LogP contribution >= 0.6 is 0 Å². The van der Waals surface area contributed by atoms with Gasteiger partial charge in [0.05, 0.1) is 11.7 Å². The average Bonchev–Trinajstić information content (AvgIpc) is 2.09. The van der Waals surface area contributed by atoms with Crippen molar-refractivity contribution in [2.24, 2.45) is 0 Å². The normalized spacial score (nSPS) is 13.8. The van der Waals surface area contributed by atoms with Crippen molar-refractivity contribution in [3.8, 4) is 0 Å². The highest BCUT2D eigenvalue weighted by molar-refractivity contribution is 5.77. The first-order valence-corrected chi connectivity index (χ1v) is 4.94. The minimum atomic E-state index is -0.464. The lowest BCUT2D eigenvalue weighted by Gasteiger charge is -2.19. The topological polar surface area (TPSA) is 58.6 Å². The molecule has 0 spiro atoms. The molecule has 0 aliphatic rings. The Morgan fingerprint density at radius 2 is 2.07 bits per heavy atom. The average molecular weight is 203 g/mol. The molecule has 14 heavy (non-hydrogen) atoms. The summed E-state index contributed by atoms with van der Waals surface area (Å²) in [7, 11) is 0. The fourth-order valence-electron chi connectivity index (χ4n) is 0.709. The monoisotopic (exact) mass is 203 g/mol. The summed E-state index contributed by atoms with van der Waals surface area (Å²) in [5.41, 5.74) is -0.305. The summed E-state index contributed by atoms with van der Waals surface area (Å²) in [6.45, 7) is 7.87. The standard InChI is InChI=1S/C10H21NO3/c1-5-8(12)6-11-9(13)7-14-10(2,3)4/h8,12H,5-7H2,1-4H3,(H,11,13). The Balaban J connectivity index is 3.57. The van der Waals surface area contributed by atoms with Gasteiger partial charge in [0, 0.05) is 6.54 Å². The Morgan fingerprint density at radius 3 is 2.50 bits per heavy atom. The first-order chi connectivity index (χ1) is 6.35. The summed E-state index contributed by atoms with van der Waals surface area (Å²) in [6.07, 6.45) is 0.175. The van der Waals surface area contributed by atoms with Crippen LogP contribution in [0.15, 0.2) is 0 Å². The first kappa shape index (κ1) is 13.4. The Morgan fingerprint density at radius 1 is 1.50 bits per heavy atom. The van der Waals surface area contributed by atoms with Crippen LogP contribution in [-0.4, -0.2) is 35.9 Å². The summed E-state index contributed by atoms with van der Waals surface area (Å²) in [4.78, 5) is 11.2. The van der Waals surface area contributed by atoms with Crippen molar-refractivity contribution in [3.05, 3.63) is 0 Å². The number of amides is 1. The van der Waals surface area contributed by atoms with Crippen molar-refractivity contribution < 1.29 is 14.6 Å². The highest BCUT2D eigenvalue weighted by Crippen LogP contribution is 2.05. The molecule has 0 aliphatic heterocycles. The van der Waals surface area contributed by atoms with E-state index in [4.69, 9.17) is 4.74 Å². The molecular weight excluding hydrogens is 182 g/mol. The van der Waals surface area contributed by atoms with Gasteiger partial charge in [0.15, 0.2) is 0 Å². The van der Waals surface area contributed by atoms with Crippen LogP contribution in [0.4, 0.5) is 0 Å². The van der Waals surface area contributed by atoms with Crippen LogP contribution in [0.25, 0.3) is 0 Å². The van der Waals surface area contributed by atoms with Crippen molar-refractivity contribution in [3.63, 3.8) is 0 Å². The SMILES string of the molecule is CCC(O)CNC(=O)COC(C)(C)C. The maximum Gasteiger partial charge on any atom is 0.246 e. The lowest BCUT2D eigenvalue weighted by atomic mass is 10.2. The smallest absolute Gasteiger partial charge is 0.246 e. The number of hydrogen-bond acceptors (Lipinski definition) is 3. The molecule has 84 valence electrons. The van der Waals surface area contributed by atoms with E-state index in [1.165, 1.54) is 0 Å². The molecule has 0 heterocycles. The maximum absolute atomic E-state index is 11.2. The third-order valence-electron chi connectivity index (χ3n) is 1.64. The Labute approximate surface area is 85.6 Å². The zero-order chi connectivity index (χ0) is 11.2. The van der Waals surface area contributed by atoms with Crippen molar-refractivity contribution in [2.75, 3.05) is 13.2 Å². The van der Waals surface area contributed by atoms with E-state index in [1.54, 1.807) is 0 Å². The third kappa shape index (κ3) is 8.01. The molecule has 0 radical (unpaired) electrons. The molecule has 0 saturated carbocycles. The second-order valence-electron chi connectivity index (χ2n) is 4.27. The van der Waals surface area contributed by atoms with Gasteiger partial charge in [-0.2, -0.15) is 0 Å². The van der Waals surface area contributed by atoms with Crippen LogP contribution in [0.5, 0.6) is 0 Å². The van der Waals surface area contributed by atoms with Crippen LogP contribution in [0.3, 0.4) is 0 Å². The molecule has 0 aromatic heterocycles. The van der Waals surface area contributed by atoms with Crippen LogP contribution in [-0.2, 0) is 9.53 Å². The molecule has 0 aromatic carbocycles. The number of rotatable bonds is 5. The van der Waals surface area contributed by atoms with E-state index in [2.05, 4.69) is 5.32 Å². The number of aliphatic hydroxyl groups excluding tert-OH is 1. The zero-order valence-corrected chi connectivity index (χ0v) is 9.46. The molecule has 0 fully saturated rings. The van der Waals surface area contributed by atoms with Crippen molar-refractivity contribution in [1.29, 1.82) is 0 Å². The van der Waals surface area contributed by atoms with Gasteiger partial charge in [-0.1, -0.05) is 6.92 Å². The summed E-state index contributed by atoms with van der Waals surface area (Å²) < 4.78 is 5.26. The fraction of sp³-hybridized carbons (Fsp3) is 0.900. The molecule has 4 nitrogen and oxygen atoms in total. The second kappa shape index (κ2) is 5.98. The van der Waals surface area contributed by atoms with E-state index < -0.39 is 6.10 Å². The minimum absolute atomic E-state index is 0.0416. The van der Waals surface area contributed by atoms with E-state index >= 15 is 0 Å². The number of carbonyl (C=O) groups is 1.